The van der Waals surface area contributed by atoms with Gasteiger partial charge in [-0.3, -0.25) is 15.1 Å². The predicted molar refractivity (Wildman–Crippen MR) is 66.6 cm³/mol. The first-order valence-corrected chi connectivity index (χ1v) is 5.20. The monoisotopic (exact) mass is 245 g/mol. The largest absolute Gasteiger partial charge is 0.448 e. The number of nitro groups is 1. The van der Waals surface area contributed by atoms with Crippen LogP contribution in [0.25, 0.3) is 0 Å². The summed E-state index contributed by atoms with van der Waals surface area (Å²) >= 11 is 0. The Balaban J connectivity index is 2.42. The maximum absolute atomic E-state index is 10.9. The molecule has 0 bridgehead atoms. The van der Waals surface area contributed by atoms with Gasteiger partial charge in [-0.2, -0.15) is 0 Å². The van der Waals surface area contributed by atoms with E-state index in [1.807, 2.05) is 6.92 Å². The molecule has 1 aromatic carbocycles. The lowest BCUT2D eigenvalue weighted by Crippen LogP contribution is -1.96. The smallest absolute Gasteiger partial charge is 0.311 e. The van der Waals surface area contributed by atoms with Crippen LogP contribution in [0, 0.1) is 17.0 Å². The summed E-state index contributed by atoms with van der Waals surface area (Å²) < 4.78 is 5.48. The first-order valence-electron chi connectivity index (χ1n) is 5.20. The van der Waals surface area contributed by atoms with Crippen molar-refractivity contribution < 1.29 is 9.66 Å². The van der Waals surface area contributed by atoms with Crippen molar-refractivity contribution in [3.8, 4) is 11.5 Å². The van der Waals surface area contributed by atoms with Gasteiger partial charge in [0.15, 0.2) is 5.75 Å². The van der Waals surface area contributed by atoms with E-state index in [0.717, 1.165) is 5.56 Å². The maximum atomic E-state index is 10.9. The van der Waals surface area contributed by atoms with Gasteiger partial charge in [-0.1, -0.05) is 6.07 Å². The number of benzene rings is 1. The first-order chi connectivity index (χ1) is 8.58. The molecule has 0 amide bonds. The molecule has 0 spiro atoms. The lowest BCUT2D eigenvalue weighted by atomic mass is 10.2. The van der Waals surface area contributed by atoms with E-state index in [-0.39, 0.29) is 11.4 Å². The Labute approximate surface area is 103 Å². The summed E-state index contributed by atoms with van der Waals surface area (Å²) in [5.41, 5.74) is 6.77. The van der Waals surface area contributed by atoms with E-state index in [9.17, 15) is 10.1 Å². The van der Waals surface area contributed by atoms with Gasteiger partial charge in [0.2, 0.25) is 5.75 Å². The third-order valence-corrected chi connectivity index (χ3v) is 2.34. The fourth-order valence-corrected chi connectivity index (χ4v) is 1.46. The van der Waals surface area contributed by atoms with Gasteiger partial charge in [-0.15, -0.1) is 0 Å². The summed E-state index contributed by atoms with van der Waals surface area (Å²) in [5, 5.41) is 10.9. The highest BCUT2D eigenvalue weighted by Gasteiger charge is 2.16. The van der Waals surface area contributed by atoms with Crippen molar-refractivity contribution in [2.45, 2.75) is 6.92 Å². The molecule has 0 aliphatic heterocycles. The van der Waals surface area contributed by atoms with E-state index >= 15 is 0 Å². The summed E-state index contributed by atoms with van der Waals surface area (Å²) in [5.74, 6) is 0.511. The molecule has 2 aromatic rings. The SMILES string of the molecule is Cc1ccc([N+](=O)[O-])c(Oc2ccncc2N)c1. The van der Waals surface area contributed by atoms with Crippen LogP contribution in [0.15, 0.2) is 36.7 Å². The van der Waals surface area contributed by atoms with Gasteiger partial charge in [0, 0.05) is 18.3 Å². The molecule has 6 heteroatoms. The number of ether oxygens (including phenoxy) is 1. The van der Waals surface area contributed by atoms with Crippen LogP contribution in [0.5, 0.6) is 11.5 Å². The molecule has 0 aliphatic carbocycles. The molecule has 0 fully saturated rings. The number of nitrogen functional groups attached to an aromatic ring is 1. The number of aryl methyl sites for hydroxylation is 1. The van der Waals surface area contributed by atoms with Crippen molar-refractivity contribution in [3.63, 3.8) is 0 Å². The normalized spacial score (nSPS) is 10.1. The molecular weight excluding hydrogens is 234 g/mol. The molecule has 1 aromatic heterocycles. The molecule has 0 unspecified atom stereocenters. The quantitative estimate of drug-likeness (QED) is 0.663. The van der Waals surface area contributed by atoms with Crippen LogP contribution in [0.3, 0.4) is 0 Å². The lowest BCUT2D eigenvalue weighted by molar-refractivity contribution is -0.385. The van der Waals surface area contributed by atoms with E-state index in [1.54, 1.807) is 18.2 Å². The Morgan fingerprint density at radius 3 is 2.78 bits per heavy atom. The lowest BCUT2D eigenvalue weighted by Gasteiger charge is -2.08. The second-order valence-corrected chi connectivity index (χ2v) is 3.74. The minimum atomic E-state index is -0.494. The van der Waals surface area contributed by atoms with E-state index in [0.29, 0.717) is 11.4 Å². The van der Waals surface area contributed by atoms with Crippen LogP contribution in [0.2, 0.25) is 0 Å². The summed E-state index contributed by atoms with van der Waals surface area (Å²) in [6.07, 6.45) is 2.93. The molecule has 92 valence electrons. The number of nitro benzene ring substituents is 1. The minimum absolute atomic E-state index is 0.100. The highest BCUT2D eigenvalue weighted by Crippen LogP contribution is 2.33. The summed E-state index contributed by atoms with van der Waals surface area (Å²) in [6, 6.07) is 6.21. The molecule has 0 saturated heterocycles. The molecule has 0 atom stereocenters. The number of pyridine rings is 1. The fourth-order valence-electron chi connectivity index (χ4n) is 1.46. The summed E-state index contributed by atoms with van der Waals surface area (Å²) in [4.78, 5) is 14.2. The predicted octanol–water partition coefficient (Wildman–Crippen LogP) is 2.67. The van der Waals surface area contributed by atoms with E-state index < -0.39 is 4.92 Å². The number of aromatic nitrogens is 1. The number of rotatable bonds is 3. The van der Waals surface area contributed by atoms with Gasteiger partial charge in [0.25, 0.3) is 0 Å². The van der Waals surface area contributed by atoms with Crippen LogP contribution in [0.4, 0.5) is 11.4 Å². The zero-order chi connectivity index (χ0) is 13.1. The third-order valence-electron chi connectivity index (χ3n) is 2.34. The van der Waals surface area contributed by atoms with Gasteiger partial charge in [0.05, 0.1) is 16.8 Å². The van der Waals surface area contributed by atoms with E-state index in [1.165, 1.54) is 18.5 Å². The van der Waals surface area contributed by atoms with Crippen molar-refractivity contribution in [1.29, 1.82) is 0 Å². The molecule has 0 aliphatic rings. The summed E-state index contributed by atoms with van der Waals surface area (Å²) in [7, 11) is 0. The second-order valence-electron chi connectivity index (χ2n) is 3.74. The highest BCUT2D eigenvalue weighted by atomic mass is 16.6. The fraction of sp³-hybridized carbons (Fsp3) is 0.0833. The molecular formula is C12H11N3O3. The first kappa shape index (κ1) is 11.8. The Morgan fingerprint density at radius 2 is 2.11 bits per heavy atom. The van der Waals surface area contributed by atoms with Gasteiger partial charge in [0.1, 0.15) is 0 Å². The molecule has 2 rings (SSSR count). The van der Waals surface area contributed by atoms with Crippen molar-refractivity contribution in [3.05, 3.63) is 52.3 Å². The standard InChI is InChI=1S/C12H11N3O3/c1-8-2-3-10(15(16)17)12(6-8)18-11-4-5-14-7-9(11)13/h2-7H,13H2,1H3. The Bertz CT molecular complexity index is 599. The Hall–Kier alpha value is -2.63. The number of nitrogens with two attached hydrogens (primary N) is 1. The average Bonchev–Trinajstić information content (AvgIpc) is 2.32. The topological polar surface area (TPSA) is 91.3 Å². The van der Waals surface area contributed by atoms with Gasteiger partial charge in [-0.25, -0.2) is 0 Å². The van der Waals surface area contributed by atoms with Crippen LogP contribution in [-0.4, -0.2) is 9.91 Å². The Morgan fingerprint density at radius 1 is 1.33 bits per heavy atom. The van der Waals surface area contributed by atoms with E-state index in [2.05, 4.69) is 4.98 Å². The molecule has 6 nitrogen and oxygen atoms in total. The van der Waals surface area contributed by atoms with Gasteiger partial charge >= 0.3 is 5.69 Å². The molecule has 2 N–H and O–H groups in total. The number of anilines is 1. The molecule has 18 heavy (non-hydrogen) atoms. The Kier molecular flexibility index (Phi) is 3.09. The maximum Gasteiger partial charge on any atom is 0.311 e. The minimum Gasteiger partial charge on any atom is -0.448 e. The van der Waals surface area contributed by atoms with Crippen LogP contribution in [-0.2, 0) is 0 Å². The second kappa shape index (κ2) is 4.70. The molecule has 1 heterocycles. The number of nitrogens with zero attached hydrogens (tertiary/aromatic N) is 2. The molecule has 0 saturated carbocycles. The van der Waals surface area contributed by atoms with Crippen LogP contribution >= 0.6 is 0 Å². The summed E-state index contributed by atoms with van der Waals surface area (Å²) in [6.45, 7) is 1.83. The van der Waals surface area contributed by atoms with Gasteiger partial charge in [-0.05, 0) is 18.6 Å². The average molecular weight is 245 g/mol. The van der Waals surface area contributed by atoms with E-state index in [4.69, 9.17) is 10.5 Å². The van der Waals surface area contributed by atoms with Gasteiger partial charge < -0.3 is 10.5 Å². The van der Waals surface area contributed by atoms with Crippen molar-refractivity contribution in [2.24, 2.45) is 0 Å². The third kappa shape index (κ3) is 2.37. The number of hydrogen-bond acceptors (Lipinski definition) is 5. The van der Waals surface area contributed by atoms with Crippen LogP contribution in [0.1, 0.15) is 5.56 Å². The zero-order valence-corrected chi connectivity index (χ0v) is 9.66. The van der Waals surface area contributed by atoms with Crippen LogP contribution < -0.4 is 10.5 Å². The zero-order valence-electron chi connectivity index (χ0n) is 9.66. The highest BCUT2D eigenvalue weighted by molar-refractivity contribution is 5.55. The van der Waals surface area contributed by atoms with Crippen molar-refractivity contribution in [2.75, 3.05) is 5.73 Å². The van der Waals surface area contributed by atoms with Crippen molar-refractivity contribution >= 4 is 11.4 Å². The molecule has 0 radical (unpaired) electrons. The number of hydrogen-bond donors (Lipinski definition) is 1. The van der Waals surface area contributed by atoms with Crippen molar-refractivity contribution in [1.82, 2.24) is 4.98 Å².